The highest BCUT2D eigenvalue weighted by Crippen LogP contribution is 2.44. The van der Waals surface area contributed by atoms with Gasteiger partial charge >= 0.3 is 12.1 Å². The molecule has 0 aromatic heterocycles. The molecule has 0 heterocycles. The lowest BCUT2D eigenvalue weighted by atomic mass is 9.98. The molecular weight excluding hydrogens is 370 g/mol. The number of aliphatic carboxylic acids is 1. The first-order valence-corrected chi connectivity index (χ1v) is 8.77. The summed E-state index contributed by atoms with van der Waals surface area (Å²) >= 11 is 5.44. The highest BCUT2D eigenvalue weighted by Gasteiger charge is 2.32. The number of rotatable bonds is 6. The van der Waals surface area contributed by atoms with Crippen LogP contribution in [0.25, 0.3) is 11.1 Å². The topological polar surface area (TPSA) is 83.9 Å². The van der Waals surface area contributed by atoms with Crippen molar-refractivity contribution >= 4 is 28.9 Å². The number of halogens is 1. The van der Waals surface area contributed by atoms with Crippen molar-refractivity contribution in [1.82, 2.24) is 4.90 Å². The lowest BCUT2D eigenvalue weighted by Crippen LogP contribution is -2.42. The summed E-state index contributed by atoms with van der Waals surface area (Å²) in [6, 6.07) is 14.5. The van der Waals surface area contributed by atoms with Crippen molar-refractivity contribution in [2.45, 2.75) is 18.4 Å². The van der Waals surface area contributed by atoms with Gasteiger partial charge in [0.05, 0.1) is 6.42 Å². The van der Waals surface area contributed by atoms with Crippen molar-refractivity contribution in [2.24, 2.45) is 0 Å². The monoisotopic (exact) mass is 387 g/mol. The van der Waals surface area contributed by atoms with Gasteiger partial charge in [-0.25, -0.2) is 4.79 Å². The van der Waals surface area contributed by atoms with Crippen molar-refractivity contribution in [3.63, 3.8) is 0 Å². The smallest absolute Gasteiger partial charge is 0.410 e. The van der Waals surface area contributed by atoms with Crippen LogP contribution < -0.4 is 0 Å². The first-order valence-electron chi connectivity index (χ1n) is 8.39. The number of nitrogens with zero attached hydrogens (tertiary/aromatic N) is 1. The zero-order valence-electron chi connectivity index (χ0n) is 14.6. The van der Waals surface area contributed by atoms with Crippen molar-refractivity contribution in [3.05, 3.63) is 59.7 Å². The highest BCUT2D eigenvalue weighted by molar-refractivity contribution is 6.65. The Balaban J connectivity index is 1.75. The molecule has 1 amide bonds. The van der Waals surface area contributed by atoms with Gasteiger partial charge in [-0.3, -0.25) is 14.5 Å². The molecule has 3 rings (SSSR count). The van der Waals surface area contributed by atoms with Crippen LogP contribution in [0.15, 0.2) is 48.5 Å². The molecule has 0 spiro atoms. The van der Waals surface area contributed by atoms with E-state index in [2.05, 4.69) is 0 Å². The summed E-state index contributed by atoms with van der Waals surface area (Å²) in [5, 5.41) is 7.97. The average Bonchev–Trinajstić information content (AvgIpc) is 2.97. The van der Waals surface area contributed by atoms with E-state index in [4.69, 9.17) is 21.4 Å². The normalized spacial score (nSPS) is 13.4. The van der Waals surface area contributed by atoms with E-state index in [0.717, 1.165) is 27.2 Å². The summed E-state index contributed by atoms with van der Waals surface area (Å²) in [5.41, 5.74) is 4.32. The third-order valence-electron chi connectivity index (χ3n) is 4.72. The Morgan fingerprint density at radius 1 is 1.07 bits per heavy atom. The van der Waals surface area contributed by atoms with E-state index < -0.39 is 29.8 Å². The third kappa shape index (κ3) is 3.80. The van der Waals surface area contributed by atoms with E-state index in [0.29, 0.717) is 0 Å². The lowest BCUT2D eigenvalue weighted by molar-refractivity contribution is -0.139. The van der Waals surface area contributed by atoms with E-state index in [1.165, 1.54) is 7.05 Å². The molecule has 1 aliphatic carbocycles. The molecule has 2 aromatic carbocycles. The van der Waals surface area contributed by atoms with E-state index >= 15 is 0 Å². The number of carbonyl (C=O) groups excluding carboxylic acids is 2. The minimum absolute atomic E-state index is 0.0769. The quantitative estimate of drug-likeness (QED) is 0.767. The molecule has 7 heteroatoms. The van der Waals surface area contributed by atoms with Crippen LogP contribution >= 0.6 is 11.6 Å². The van der Waals surface area contributed by atoms with Gasteiger partial charge in [-0.15, -0.1) is 0 Å². The first kappa shape index (κ1) is 18.9. The maximum absolute atomic E-state index is 12.4. The average molecular weight is 388 g/mol. The lowest BCUT2D eigenvalue weighted by Gasteiger charge is -2.24. The Bertz CT molecular complexity index is 852. The Morgan fingerprint density at radius 2 is 1.59 bits per heavy atom. The third-order valence-corrected chi connectivity index (χ3v) is 4.97. The zero-order valence-corrected chi connectivity index (χ0v) is 15.3. The van der Waals surface area contributed by atoms with Gasteiger partial charge in [0.15, 0.2) is 0 Å². The van der Waals surface area contributed by atoms with Gasteiger partial charge in [-0.05, 0) is 33.9 Å². The molecule has 140 valence electrons. The summed E-state index contributed by atoms with van der Waals surface area (Å²) in [4.78, 5) is 35.6. The molecule has 6 nitrogen and oxygen atoms in total. The Morgan fingerprint density at radius 3 is 2.07 bits per heavy atom. The van der Waals surface area contributed by atoms with Gasteiger partial charge in [0.25, 0.3) is 0 Å². The molecule has 0 aliphatic heterocycles. The van der Waals surface area contributed by atoms with E-state index in [1.54, 1.807) is 0 Å². The fourth-order valence-electron chi connectivity index (χ4n) is 3.36. The van der Waals surface area contributed by atoms with Gasteiger partial charge < -0.3 is 9.84 Å². The second-order valence-corrected chi connectivity index (χ2v) is 6.71. The highest BCUT2D eigenvalue weighted by atomic mass is 35.5. The number of carboxylic acid groups (broad SMARTS) is 1. The Kier molecular flexibility index (Phi) is 5.46. The van der Waals surface area contributed by atoms with Gasteiger partial charge in [0.1, 0.15) is 12.6 Å². The number of benzene rings is 2. The molecule has 2 aromatic rings. The number of hydrogen-bond donors (Lipinski definition) is 1. The van der Waals surface area contributed by atoms with Crippen molar-refractivity contribution in [3.8, 4) is 11.1 Å². The largest absolute Gasteiger partial charge is 0.481 e. The van der Waals surface area contributed by atoms with E-state index in [9.17, 15) is 14.4 Å². The molecule has 0 saturated heterocycles. The molecule has 1 atom stereocenters. The SMILES string of the molecule is CN(C(=O)OCC1c2ccccc2-c2ccccc21)[C@@H](CC(=O)O)C(=O)Cl. The van der Waals surface area contributed by atoms with E-state index in [-0.39, 0.29) is 12.5 Å². The molecule has 0 saturated carbocycles. The molecule has 0 bridgehead atoms. The minimum atomic E-state index is -1.28. The van der Waals surface area contributed by atoms with Crippen LogP contribution in [0.2, 0.25) is 0 Å². The van der Waals surface area contributed by atoms with Gasteiger partial charge in [-0.2, -0.15) is 0 Å². The van der Waals surface area contributed by atoms with Crippen LogP contribution in [0, 0.1) is 0 Å². The second kappa shape index (κ2) is 7.80. The van der Waals surface area contributed by atoms with Gasteiger partial charge in [0, 0.05) is 13.0 Å². The Labute approximate surface area is 161 Å². The molecule has 1 N–H and O–H groups in total. The predicted molar refractivity (Wildman–Crippen MR) is 99.7 cm³/mol. The van der Waals surface area contributed by atoms with Crippen LogP contribution in [-0.4, -0.2) is 47.0 Å². The number of fused-ring (bicyclic) bond motifs is 3. The fraction of sp³-hybridized carbons (Fsp3) is 0.250. The summed E-state index contributed by atoms with van der Waals surface area (Å²) < 4.78 is 5.40. The van der Waals surface area contributed by atoms with Crippen molar-refractivity contribution < 1.29 is 24.2 Å². The van der Waals surface area contributed by atoms with Gasteiger partial charge in [0.2, 0.25) is 5.24 Å². The number of carboxylic acids is 1. The maximum Gasteiger partial charge on any atom is 0.410 e. The number of hydrogen-bond acceptors (Lipinski definition) is 4. The zero-order chi connectivity index (χ0) is 19.6. The van der Waals surface area contributed by atoms with Crippen LogP contribution in [0.4, 0.5) is 4.79 Å². The standard InChI is InChI=1S/C20H18ClNO5/c1-22(17(19(21)25)10-18(23)24)20(26)27-11-16-14-8-4-2-6-12(14)13-7-3-5-9-15(13)16/h2-9,16-17H,10-11H2,1H3,(H,23,24)/t17-/m0/s1. The fourth-order valence-corrected chi connectivity index (χ4v) is 3.58. The van der Waals surface area contributed by atoms with E-state index in [1.807, 2.05) is 48.5 Å². The summed E-state index contributed by atoms with van der Waals surface area (Å²) in [6.45, 7) is 0.0769. The Hall–Kier alpha value is -2.86. The van der Waals surface area contributed by atoms with Crippen LogP contribution in [0.1, 0.15) is 23.5 Å². The summed E-state index contributed by atoms with van der Waals surface area (Å²) in [5.74, 6) is -1.35. The van der Waals surface area contributed by atoms with Crippen LogP contribution in [0.3, 0.4) is 0 Å². The van der Waals surface area contributed by atoms with Crippen LogP contribution in [0.5, 0.6) is 0 Å². The summed E-state index contributed by atoms with van der Waals surface area (Å²) in [7, 11) is 1.30. The number of likely N-dealkylation sites (N-methyl/N-ethyl adjacent to an activating group) is 1. The molecule has 27 heavy (non-hydrogen) atoms. The van der Waals surface area contributed by atoms with Gasteiger partial charge in [-0.1, -0.05) is 48.5 Å². The predicted octanol–water partition coefficient (Wildman–Crippen LogP) is 3.48. The molecule has 0 fully saturated rings. The molecule has 1 aliphatic rings. The number of amides is 1. The molecular formula is C20H18ClNO5. The molecule has 0 unspecified atom stereocenters. The number of carbonyl (C=O) groups is 3. The maximum atomic E-state index is 12.4. The summed E-state index contributed by atoms with van der Waals surface area (Å²) in [6.07, 6.45) is -1.37. The number of ether oxygens (including phenoxy) is 1. The van der Waals surface area contributed by atoms with Crippen molar-refractivity contribution in [2.75, 3.05) is 13.7 Å². The first-order chi connectivity index (χ1) is 12.9. The minimum Gasteiger partial charge on any atom is -0.481 e. The van der Waals surface area contributed by atoms with Crippen LogP contribution in [-0.2, 0) is 14.3 Å². The van der Waals surface area contributed by atoms with Crippen molar-refractivity contribution in [1.29, 1.82) is 0 Å². The second-order valence-electron chi connectivity index (χ2n) is 6.33. The molecule has 0 radical (unpaired) electrons.